The molecule has 7 nitrogen and oxygen atoms in total. The molecule has 1 fully saturated rings. The maximum Gasteiger partial charge on any atom is 0.352 e. The Hall–Kier alpha value is -2.67. The van der Waals surface area contributed by atoms with Gasteiger partial charge >= 0.3 is 5.97 Å². The molecule has 0 aliphatic heterocycles. The number of carboxylic acid groups (broad SMARTS) is 1. The highest BCUT2D eigenvalue weighted by atomic mass is 35.5. The van der Waals surface area contributed by atoms with E-state index in [4.69, 9.17) is 11.6 Å². The molecule has 0 bridgehead atoms. The number of rotatable bonds is 3. The van der Waals surface area contributed by atoms with E-state index in [1.807, 2.05) is 0 Å². The van der Waals surface area contributed by atoms with Crippen molar-refractivity contribution in [3.8, 4) is 5.82 Å². The quantitative estimate of drug-likeness (QED) is 0.795. The monoisotopic (exact) mass is 330 g/mol. The number of nitrogens with zero attached hydrogens (tertiary/aromatic N) is 4. The van der Waals surface area contributed by atoms with Crippen LogP contribution in [-0.2, 0) is 0 Å². The molecule has 3 heterocycles. The lowest BCUT2D eigenvalue weighted by atomic mass is 10.2. The third-order valence-corrected chi connectivity index (χ3v) is 4.12. The molecule has 23 heavy (non-hydrogen) atoms. The van der Waals surface area contributed by atoms with Gasteiger partial charge in [0.2, 0.25) is 0 Å². The zero-order valence-corrected chi connectivity index (χ0v) is 12.6. The van der Waals surface area contributed by atoms with Crippen LogP contribution in [0.25, 0.3) is 16.9 Å². The lowest BCUT2D eigenvalue weighted by Gasteiger charge is -2.14. The third-order valence-electron chi connectivity index (χ3n) is 3.84. The first kappa shape index (κ1) is 14.0. The molecule has 1 N–H and O–H groups in total. The van der Waals surface area contributed by atoms with E-state index in [-0.39, 0.29) is 11.7 Å². The molecule has 1 saturated carbocycles. The molecule has 0 atom stereocenters. The SMILES string of the molecule is O=C(O)c1cc(=O)c2cc(Cl)c(-n3ccnc3)nc2n1C1CC1. The summed E-state index contributed by atoms with van der Waals surface area (Å²) >= 11 is 6.24. The average molecular weight is 331 g/mol. The summed E-state index contributed by atoms with van der Waals surface area (Å²) in [4.78, 5) is 32.2. The van der Waals surface area contributed by atoms with Gasteiger partial charge in [-0.2, -0.15) is 0 Å². The molecule has 0 radical (unpaired) electrons. The number of halogens is 1. The normalized spacial score (nSPS) is 14.3. The molecular formula is C15H11ClN4O3. The van der Waals surface area contributed by atoms with Gasteiger partial charge in [-0.25, -0.2) is 14.8 Å². The Labute approximate surface area is 134 Å². The molecule has 0 aromatic carbocycles. The molecule has 0 saturated heterocycles. The van der Waals surface area contributed by atoms with Crippen LogP contribution in [-0.4, -0.2) is 30.2 Å². The van der Waals surface area contributed by atoms with E-state index in [0.717, 1.165) is 18.9 Å². The number of fused-ring (bicyclic) bond motifs is 1. The van der Waals surface area contributed by atoms with E-state index >= 15 is 0 Å². The second kappa shape index (κ2) is 4.92. The molecule has 8 heteroatoms. The summed E-state index contributed by atoms with van der Waals surface area (Å²) in [7, 11) is 0. The van der Waals surface area contributed by atoms with Gasteiger partial charge in [0.1, 0.15) is 17.7 Å². The van der Waals surface area contributed by atoms with Crippen molar-refractivity contribution < 1.29 is 9.90 Å². The summed E-state index contributed by atoms with van der Waals surface area (Å²) < 4.78 is 3.24. The second-order valence-electron chi connectivity index (χ2n) is 5.44. The van der Waals surface area contributed by atoms with Crippen LogP contribution in [0.15, 0.2) is 35.6 Å². The van der Waals surface area contributed by atoms with Gasteiger partial charge in [0.05, 0.1) is 10.4 Å². The van der Waals surface area contributed by atoms with Crippen molar-refractivity contribution in [2.24, 2.45) is 0 Å². The highest BCUT2D eigenvalue weighted by Gasteiger charge is 2.30. The summed E-state index contributed by atoms with van der Waals surface area (Å²) in [5.74, 6) is -0.732. The van der Waals surface area contributed by atoms with Gasteiger partial charge in [-0.3, -0.25) is 9.36 Å². The Morgan fingerprint density at radius 3 is 2.74 bits per heavy atom. The Balaban J connectivity index is 2.11. The smallest absolute Gasteiger partial charge is 0.352 e. The van der Waals surface area contributed by atoms with Crippen LogP contribution in [0.3, 0.4) is 0 Å². The van der Waals surface area contributed by atoms with Gasteiger partial charge in [-0.15, -0.1) is 0 Å². The molecule has 0 spiro atoms. The van der Waals surface area contributed by atoms with Crippen molar-refractivity contribution >= 4 is 28.6 Å². The van der Waals surface area contributed by atoms with Crippen LogP contribution in [0, 0.1) is 0 Å². The Morgan fingerprint density at radius 2 is 2.13 bits per heavy atom. The Bertz CT molecular complexity index is 990. The van der Waals surface area contributed by atoms with Crippen LogP contribution in [0.2, 0.25) is 5.02 Å². The van der Waals surface area contributed by atoms with Crippen molar-refractivity contribution in [1.29, 1.82) is 0 Å². The average Bonchev–Trinajstić information content (AvgIpc) is 3.20. The number of aromatic carboxylic acids is 1. The van der Waals surface area contributed by atoms with Crippen LogP contribution >= 0.6 is 11.6 Å². The van der Waals surface area contributed by atoms with Gasteiger partial charge in [0.25, 0.3) is 0 Å². The van der Waals surface area contributed by atoms with E-state index in [1.54, 1.807) is 27.9 Å². The maximum atomic E-state index is 12.3. The standard InChI is InChI=1S/C15H11ClN4O3/c16-10-5-9-12(21)6-11(15(22)23)20(8-1-2-8)13(9)18-14(10)19-4-3-17-7-19/h3-8H,1-2H2,(H,22,23). The minimum Gasteiger partial charge on any atom is -0.477 e. The molecule has 3 aromatic heterocycles. The number of carbonyl (C=O) groups is 1. The van der Waals surface area contributed by atoms with Crippen molar-refractivity contribution in [1.82, 2.24) is 19.1 Å². The van der Waals surface area contributed by atoms with Gasteiger partial charge in [0.15, 0.2) is 11.2 Å². The number of aromatic nitrogens is 4. The highest BCUT2D eigenvalue weighted by Crippen LogP contribution is 2.38. The predicted molar refractivity (Wildman–Crippen MR) is 83.4 cm³/mol. The van der Waals surface area contributed by atoms with Crippen molar-refractivity contribution in [2.45, 2.75) is 18.9 Å². The van der Waals surface area contributed by atoms with Crippen LogP contribution in [0.5, 0.6) is 0 Å². The fraction of sp³-hybridized carbons (Fsp3) is 0.200. The van der Waals surface area contributed by atoms with Gasteiger partial charge in [0, 0.05) is 24.5 Å². The van der Waals surface area contributed by atoms with Crippen LogP contribution in [0.4, 0.5) is 0 Å². The number of hydrogen-bond donors (Lipinski definition) is 1. The molecule has 0 amide bonds. The maximum absolute atomic E-state index is 12.3. The summed E-state index contributed by atoms with van der Waals surface area (Å²) in [6.07, 6.45) is 6.54. The second-order valence-corrected chi connectivity index (χ2v) is 5.84. The first-order valence-electron chi connectivity index (χ1n) is 7.03. The minimum absolute atomic E-state index is 0.0450. The number of hydrogen-bond acceptors (Lipinski definition) is 4. The Morgan fingerprint density at radius 1 is 1.35 bits per heavy atom. The molecule has 1 aliphatic rings. The fourth-order valence-electron chi connectivity index (χ4n) is 2.65. The number of pyridine rings is 2. The van der Waals surface area contributed by atoms with Crippen molar-refractivity contribution in [3.05, 3.63) is 51.8 Å². The van der Waals surface area contributed by atoms with Gasteiger partial charge < -0.3 is 9.67 Å². The van der Waals surface area contributed by atoms with Crippen LogP contribution < -0.4 is 5.43 Å². The van der Waals surface area contributed by atoms with Gasteiger partial charge in [-0.05, 0) is 18.9 Å². The molecule has 1 aliphatic carbocycles. The highest BCUT2D eigenvalue weighted by molar-refractivity contribution is 6.32. The number of imidazole rings is 1. The van der Waals surface area contributed by atoms with E-state index < -0.39 is 11.4 Å². The number of carboxylic acids is 1. The molecule has 116 valence electrons. The molecule has 3 aromatic rings. The summed E-state index contributed by atoms with van der Waals surface area (Å²) in [6.45, 7) is 0. The Kier molecular flexibility index (Phi) is 2.99. The van der Waals surface area contributed by atoms with Gasteiger partial charge in [-0.1, -0.05) is 11.6 Å². The largest absolute Gasteiger partial charge is 0.477 e. The predicted octanol–water partition coefficient (Wildman–Crippen LogP) is 2.27. The lowest BCUT2D eigenvalue weighted by molar-refractivity contribution is 0.0684. The van der Waals surface area contributed by atoms with E-state index in [9.17, 15) is 14.7 Å². The summed E-state index contributed by atoms with van der Waals surface area (Å²) in [5.41, 5.74) is -0.109. The van der Waals surface area contributed by atoms with E-state index in [0.29, 0.717) is 21.9 Å². The zero-order chi connectivity index (χ0) is 16.1. The van der Waals surface area contributed by atoms with Crippen molar-refractivity contribution in [3.63, 3.8) is 0 Å². The van der Waals surface area contributed by atoms with Crippen LogP contribution in [0.1, 0.15) is 29.4 Å². The fourth-order valence-corrected chi connectivity index (χ4v) is 2.90. The topological polar surface area (TPSA) is 90.0 Å². The van der Waals surface area contributed by atoms with E-state index in [2.05, 4.69) is 9.97 Å². The lowest BCUT2D eigenvalue weighted by Crippen LogP contribution is -2.19. The third kappa shape index (κ3) is 2.20. The first-order chi connectivity index (χ1) is 11.1. The molecule has 4 rings (SSSR count). The zero-order valence-electron chi connectivity index (χ0n) is 11.8. The van der Waals surface area contributed by atoms with Crippen molar-refractivity contribution in [2.75, 3.05) is 0 Å². The minimum atomic E-state index is -1.14. The summed E-state index contributed by atoms with van der Waals surface area (Å²) in [6, 6.07) is 2.72. The first-order valence-corrected chi connectivity index (χ1v) is 7.41. The summed E-state index contributed by atoms with van der Waals surface area (Å²) in [5, 5.41) is 10.0. The van der Waals surface area contributed by atoms with E-state index in [1.165, 1.54) is 6.07 Å². The molecular weight excluding hydrogens is 320 g/mol. The molecule has 0 unspecified atom stereocenters.